The molecular formula is C10H13BrN2O. The molecule has 3 nitrogen and oxygen atoms in total. The van der Waals surface area contributed by atoms with Gasteiger partial charge in [-0.05, 0) is 41.4 Å². The molecule has 1 saturated heterocycles. The van der Waals surface area contributed by atoms with Gasteiger partial charge in [0.1, 0.15) is 6.10 Å². The zero-order valence-corrected chi connectivity index (χ0v) is 9.67. The van der Waals surface area contributed by atoms with E-state index in [4.69, 9.17) is 4.74 Å². The summed E-state index contributed by atoms with van der Waals surface area (Å²) >= 11 is 3.41. The molecule has 1 aromatic rings. The second kappa shape index (κ2) is 4.28. The zero-order chi connectivity index (χ0) is 9.97. The first kappa shape index (κ1) is 9.93. The quantitative estimate of drug-likeness (QED) is 0.878. The smallest absolute Gasteiger partial charge is 0.213 e. The van der Waals surface area contributed by atoms with Crippen LogP contribution in [0.3, 0.4) is 0 Å². The molecule has 1 fully saturated rings. The highest BCUT2D eigenvalue weighted by molar-refractivity contribution is 9.10. The number of hydrogen-bond donors (Lipinski definition) is 1. The Labute approximate surface area is 92.0 Å². The third-order valence-electron chi connectivity index (χ3n) is 2.32. The molecule has 14 heavy (non-hydrogen) atoms. The van der Waals surface area contributed by atoms with Gasteiger partial charge in [0.05, 0.1) is 0 Å². The normalized spacial score (nSPS) is 21.1. The standard InChI is InChI=1S/C10H13BrN2O/c1-7-4-10(13-6-9(7)11)14-8-2-3-12-5-8/h4,6,8,12H,2-3,5H2,1H3. The van der Waals surface area contributed by atoms with Gasteiger partial charge in [-0.2, -0.15) is 0 Å². The minimum absolute atomic E-state index is 0.281. The van der Waals surface area contributed by atoms with Crippen molar-refractivity contribution in [2.24, 2.45) is 0 Å². The van der Waals surface area contributed by atoms with E-state index in [1.165, 1.54) is 0 Å². The lowest BCUT2D eigenvalue weighted by molar-refractivity contribution is 0.214. The number of nitrogens with zero attached hydrogens (tertiary/aromatic N) is 1. The highest BCUT2D eigenvalue weighted by Crippen LogP contribution is 2.20. The number of rotatable bonds is 2. The van der Waals surface area contributed by atoms with E-state index in [9.17, 15) is 0 Å². The van der Waals surface area contributed by atoms with E-state index in [1.54, 1.807) is 6.20 Å². The molecule has 0 amide bonds. The Balaban J connectivity index is 2.05. The number of halogens is 1. The molecule has 4 heteroatoms. The molecule has 2 heterocycles. The molecule has 1 N–H and O–H groups in total. The average molecular weight is 257 g/mol. The van der Waals surface area contributed by atoms with Gasteiger partial charge in [0, 0.05) is 23.3 Å². The number of aryl methyl sites for hydroxylation is 1. The van der Waals surface area contributed by atoms with Crippen molar-refractivity contribution in [3.63, 3.8) is 0 Å². The summed E-state index contributed by atoms with van der Waals surface area (Å²) in [6.07, 6.45) is 3.13. The molecule has 0 spiro atoms. The maximum absolute atomic E-state index is 5.72. The molecule has 2 rings (SSSR count). The van der Waals surface area contributed by atoms with Gasteiger partial charge in [-0.15, -0.1) is 0 Å². The maximum Gasteiger partial charge on any atom is 0.213 e. The van der Waals surface area contributed by atoms with Gasteiger partial charge in [-0.25, -0.2) is 4.98 Å². The van der Waals surface area contributed by atoms with Crippen LogP contribution >= 0.6 is 15.9 Å². The third-order valence-corrected chi connectivity index (χ3v) is 3.15. The minimum atomic E-state index is 0.281. The van der Waals surface area contributed by atoms with Crippen LogP contribution in [0.5, 0.6) is 5.88 Å². The summed E-state index contributed by atoms with van der Waals surface area (Å²) in [6.45, 7) is 4.00. The summed E-state index contributed by atoms with van der Waals surface area (Å²) in [5.41, 5.74) is 1.15. The topological polar surface area (TPSA) is 34.1 Å². The van der Waals surface area contributed by atoms with Gasteiger partial charge < -0.3 is 10.1 Å². The average Bonchev–Trinajstić information content (AvgIpc) is 2.64. The fourth-order valence-corrected chi connectivity index (χ4v) is 1.69. The molecule has 76 valence electrons. The van der Waals surface area contributed by atoms with Crippen molar-refractivity contribution in [3.05, 3.63) is 22.3 Å². The molecule has 0 saturated carbocycles. The fraction of sp³-hybridized carbons (Fsp3) is 0.500. The van der Waals surface area contributed by atoms with Crippen molar-refractivity contribution >= 4 is 15.9 Å². The summed E-state index contributed by atoms with van der Waals surface area (Å²) < 4.78 is 6.74. The van der Waals surface area contributed by atoms with Crippen LogP contribution in [-0.2, 0) is 0 Å². The predicted molar refractivity (Wildman–Crippen MR) is 58.6 cm³/mol. The van der Waals surface area contributed by atoms with Crippen LogP contribution in [0, 0.1) is 6.92 Å². The molecule has 1 aromatic heterocycles. The van der Waals surface area contributed by atoms with E-state index in [1.807, 2.05) is 13.0 Å². The lowest BCUT2D eigenvalue weighted by Crippen LogP contribution is -2.20. The Morgan fingerprint density at radius 2 is 2.50 bits per heavy atom. The molecular weight excluding hydrogens is 244 g/mol. The molecule has 0 aromatic carbocycles. The molecule has 1 aliphatic heterocycles. The van der Waals surface area contributed by atoms with Crippen molar-refractivity contribution in [2.45, 2.75) is 19.4 Å². The lowest BCUT2D eigenvalue weighted by atomic mass is 10.3. The predicted octanol–water partition coefficient (Wildman–Crippen LogP) is 1.89. The Morgan fingerprint density at radius 3 is 3.14 bits per heavy atom. The summed E-state index contributed by atoms with van der Waals surface area (Å²) in [4.78, 5) is 4.21. The second-order valence-corrected chi connectivity index (χ2v) is 4.36. The van der Waals surface area contributed by atoms with E-state index < -0.39 is 0 Å². The summed E-state index contributed by atoms with van der Waals surface area (Å²) in [5.74, 6) is 0.722. The first-order chi connectivity index (χ1) is 6.75. The Hall–Kier alpha value is -0.610. The van der Waals surface area contributed by atoms with Gasteiger partial charge in [0.25, 0.3) is 0 Å². The SMILES string of the molecule is Cc1cc(OC2CCNC2)ncc1Br. The van der Waals surface area contributed by atoms with Crippen LogP contribution in [0.4, 0.5) is 0 Å². The number of pyridine rings is 1. The van der Waals surface area contributed by atoms with Gasteiger partial charge in [-0.1, -0.05) is 0 Å². The van der Waals surface area contributed by atoms with Gasteiger partial charge in [-0.3, -0.25) is 0 Å². The summed E-state index contributed by atoms with van der Waals surface area (Å²) in [6, 6.07) is 1.96. The van der Waals surface area contributed by atoms with Crippen molar-refractivity contribution in [2.75, 3.05) is 13.1 Å². The van der Waals surface area contributed by atoms with Crippen molar-refractivity contribution in [1.29, 1.82) is 0 Å². The minimum Gasteiger partial charge on any atom is -0.473 e. The Morgan fingerprint density at radius 1 is 1.64 bits per heavy atom. The van der Waals surface area contributed by atoms with Crippen LogP contribution in [0.2, 0.25) is 0 Å². The van der Waals surface area contributed by atoms with E-state index >= 15 is 0 Å². The molecule has 0 radical (unpaired) electrons. The zero-order valence-electron chi connectivity index (χ0n) is 8.09. The number of hydrogen-bond acceptors (Lipinski definition) is 3. The third kappa shape index (κ3) is 2.25. The van der Waals surface area contributed by atoms with Crippen molar-refractivity contribution < 1.29 is 4.74 Å². The van der Waals surface area contributed by atoms with E-state index in [0.29, 0.717) is 0 Å². The Kier molecular flexibility index (Phi) is 3.03. The Bertz CT molecular complexity index is 324. The van der Waals surface area contributed by atoms with E-state index in [-0.39, 0.29) is 6.10 Å². The number of aromatic nitrogens is 1. The monoisotopic (exact) mass is 256 g/mol. The van der Waals surface area contributed by atoms with Gasteiger partial charge >= 0.3 is 0 Å². The van der Waals surface area contributed by atoms with Gasteiger partial charge in [0.2, 0.25) is 5.88 Å². The lowest BCUT2D eigenvalue weighted by Gasteiger charge is -2.11. The largest absolute Gasteiger partial charge is 0.473 e. The van der Waals surface area contributed by atoms with Crippen LogP contribution in [-0.4, -0.2) is 24.2 Å². The highest BCUT2D eigenvalue weighted by atomic mass is 79.9. The molecule has 1 atom stereocenters. The summed E-state index contributed by atoms with van der Waals surface area (Å²) in [7, 11) is 0. The van der Waals surface area contributed by atoms with Crippen LogP contribution < -0.4 is 10.1 Å². The molecule has 0 aliphatic carbocycles. The van der Waals surface area contributed by atoms with Crippen LogP contribution in [0.1, 0.15) is 12.0 Å². The van der Waals surface area contributed by atoms with Gasteiger partial charge in [0.15, 0.2) is 0 Å². The molecule has 1 aliphatic rings. The maximum atomic E-state index is 5.72. The van der Waals surface area contributed by atoms with E-state index in [2.05, 4.69) is 26.2 Å². The van der Waals surface area contributed by atoms with Crippen molar-refractivity contribution in [3.8, 4) is 5.88 Å². The number of nitrogens with one attached hydrogen (secondary N) is 1. The second-order valence-electron chi connectivity index (χ2n) is 3.50. The first-order valence-corrected chi connectivity index (χ1v) is 5.54. The van der Waals surface area contributed by atoms with Crippen LogP contribution in [0.15, 0.2) is 16.7 Å². The first-order valence-electron chi connectivity index (χ1n) is 4.75. The fourth-order valence-electron chi connectivity index (χ4n) is 1.48. The molecule has 1 unspecified atom stereocenters. The van der Waals surface area contributed by atoms with Crippen molar-refractivity contribution in [1.82, 2.24) is 10.3 Å². The van der Waals surface area contributed by atoms with E-state index in [0.717, 1.165) is 35.4 Å². The molecule has 0 bridgehead atoms. The highest BCUT2D eigenvalue weighted by Gasteiger charge is 2.16. The summed E-state index contributed by atoms with van der Waals surface area (Å²) in [5, 5.41) is 3.26. The number of ether oxygens (including phenoxy) is 1. The van der Waals surface area contributed by atoms with Crippen LogP contribution in [0.25, 0.3) is 0 Å².